The first-order chi connectivity index (χ1) is 15.3. The minimum absolute atomic E-state index is 0.0218. The van der Waals surface area contributed by atoms with Crippen molar-refractivity contribution in [1.29, 1.82) is 0 Å². The van der Waals surface area contributed by atoms with E-state index in [9.17, 15) is 23.5 Å². The Morgan fingerprint density at radius 1 is 1.09 bits per heavy atom. The average Bonchev–Trinajstić information content (AvgIpc) is 3.30. The number of thiophene rings is 1. The number of benzene rings is 2. The highest BCUT2D eigenvalue weighted by Gasteiger charge is 2.47. The summed E-state index contributed by atoms with van der Waals surface area (Å²) in [4.78, 5) is 28.1. The number of aliphatic hydroxyl groups excluding tert-OH is 1. The van der Waals surface area contributed by atoms with Crippen LogP contribution in [0.2, 0.25) is 0 Å². The molecular formula is C24H19F2NO4S. The van der Waals surface area contributed by atoms with Gasteiger partial charge in [0.05, 0.1) is 18.2 Å². The highest BCUT2D eigenvalue weighted by atomic mass is 32.1. The number of hydrogen-bond donors (Lipinski definition) is 1. The minimum Gasteiger partial charge on any atom is -0.507 e. The summed E-state index contributed by atoms with van der Waals surface area (Å²) in [5.41, 5.74) is 1.29. The molecular weight excluding hydrogens is 436 g/mol. The lowest BCUT2D eigenvalue weighted by molar-refractivity contribution is -0.140. The molecule has 1 aliphatic rings. The van der Waals surface area contributed by atoms with Gasteiger partial charge in [0.2, 0.25) is 0 Å². The molecule has 1 fully saturated rings. The number of nitrogens with zero attached hydrogens (tertiary/aromatic N) is 1. The summed E-state index contributed by atoms with van der Waals surface area (Å²) in [7, 11) is 1.36. The van der Waals surface area contributed by atoms with Gasteiger partial charge in [0.15, 0.2) is 0 Å². The monoisotopic (exact) mass is 455 g/mol. The van der Waals surface area contributed by atoms with Gasteiger partial charge in [0.1, 0.15) is 29.2 Å². The molecule has 3 aromatic rings. The van der Waals surface area contributed by atoms with Crippen molar-refractivity contribution in [1.82, 2.24) is 4.90 Å². The predicted octanol–water partition coefficient (Wildman–Crippen LogP) is 4.97. The van der Waals surface area contributed by atoms with E-state index in [0.29, 0.717) is 10.4 Å². The highest BCUT2D eigenvalue weighted by molar-refractivity contribution is 7.10. The maximum atomic E-state index is 14.0. The Morgan fingerprint density at radius 2 is 1.78 bits per heavy atom. The third-order valence-corrected chi connectivity index (χ3v) is 6.44. The second-order valence-corrected chi connectivity index (χ2v) is 8.31. The molecule has 32 heavy (non-hydrogen) atoms. The van der Waals surface area contributed by atoms with Crippen LogP contribution in [0.3, 0.4) is 0 Å². The normalized spacial score (nSPS) is 17.8. The number of methoxy groups -OCH3 is 1. The zero-order valence-corrected chi connectivity index (χ0v) is 18.1. The number of carbonyl (C=O) groups is 2. The highest BCUT2D eigenvalue weighted by Crippen LogP contribution is 2.44. The number of halogens is 2. The molecule has 1 saturated heterocycles. The van der Waals surface area contributed by atoms with E-state index in [1.54, 1.807) is 0 Å². The molecule has 0 saturated carbocycles. The molecule has 164 valence electrons. The van der Waals surface area contributed by atoms with Gasteiger partial charge in [0, 0.05) is 11.4 Å². The lowest BCUT2D eigenvalue weighted by Crippen LogP contribution is -2.29. The van der Waals surface area contributed by atoms with Crippen molar-refractivity contribution in [3.05, 3.63) is 92.7 Å². The van der Waals surface area contributed by atoms with E-state index in [4.69, 9.17) is 4.74 Å². The molecule has 0 spiro atoms. The Balaban J connectivity index is 1.89. The molecule has 2 heterocycles. The van der Waals surface area contributed by atoms with Crippen LogP contribution in [-0.4, -0.2) is 28.8 Å². The van der Waals surface area contributed by atoms with Gasteiger partial charge in [-0.1, -0.05) is 12.1 Å². The molecule has 1 aliphatic heterocycles. The van der Waals surface area contributed by atoms with Crippen molar-refractivity contribution in [2.24, 2.45) is 0 Å². The molecule has 5 nitrogen and oxygen atoms in total. The van der Waals surface area contributed by atoms with E-state index < -0.39 is 35.1 Å². The Hall–Kier alpha value is -3.52. The fraction of sp³-hybridized carbons (Fsp3) is 0.167. The zero-order valence-electron chi connectivity index (χ0n) is 17.3. The van der Waals surface area contributed by atoms with Gasteiger partial charge in [0.25, 0.3) is 11.7 Å². The summed E-state index contributed by atoms with van der Waals surface area (Å²) >= 11 is 1.34. The average molecular weight is 455 g/mol. The number of likely N-dealkylation sites (tertiary alicyclic amines) is 1. The van der Waals surface area contributed by atoms with Crippen molar-refractivity contribution >= 4 is 28.8 Å². The van der Waals surface area contributed by atoms with Crippen LogP contribution in [0, 0.1) is 18.6 Å². The minimum atomic E-state index is -0.881. The second kappa shape index (κ2) is 8.55. The summed E-state index contributed by atoms with van der Waals surface area (Å²) in [6.45, 7) is 1.87. The number of carbonyl (C=O) groups excluding carboxylic acids is 2. The van der Waals surface area contributed by atoms with Crippen molar-refractivity contribution < 1.29 is 28.2 Å². The largest absolute Gasteiger partial charge is 0.507 e. The van der Waals surface area contributed by atoms with Crippen molar-refractivity contribution in [3.63, 3.8) is 0 Å². The third-order valence-electron chi connectivity index (χ3n) is 5.37. The van der Waals surface area contributed by atoms with Gasteiger partial charge >= 0.3 is 0 Å². The number of rotatable bonds is 5. The molecule has 1 unspecified atom stereocenters. The van der Waals surface area contributed by atoms with E-state index in [-0.39, 0.29) is 23.4 Å². The van der Waals surface area contributed by atoms with E-state index in [1.807, 2.05) is 18.4 Å². The number of aliphatic hydroxyl groups is 1. The fourth-order valence-corrected chi connectivity index (χ4v) is 4.82. The maximum absolute atomic E-state index is 14.0. The first kappa shape index (κ1) is 21.7. The summed E-state index contributed by atoms with van der Waals surface area (Å²) in [6.07, 6.45) is 0. The molecule has 0 aliphatic carbocycles. The number of amides is 1. The summed E-state index contributed by atoms with van der Waals surface area (Å²) in [5, 5.41) is 12.9. The topological polar surface area (TPSA) is 66.8 Å². The summed E-state index contributed by atoms with van der Waals surface area (Å²) in [6, 6.07) is 10.1. The number of ketones is 1. The van der Waals surface area contributed by atoms with Gasteiger partial charge in [-0.2, -0.15) is 0 Å². The van der Waals surface area contributed by atoms with E-state index in [1.165, 1.54) is 59.7 Å². The Bertz CT molecular complexity index is 1230. The molecule has 0 bridgehead atoms. The number of Topliss-reactive ketones (excluding diaryl/α,β-unsaturated/α-hetero) is 1. The molecule has 0 radical (unpaired) electrons. The van der Waals surface area contributed by atoms with Crippen LogP contribution >= 0.6 is 11.3 Å². The van der Waals surface area contributed by atoms with Gasteiger partial charge < -0.3 is 14.7 Å². The number of ether oxygens (including phenoxy) is 1. The molecule has 4 rings (SSSR count). The predicted molar refractivity (Wildman–Crippen MR) is 116 cm³/mol. The molecule has 8 heteroatoms. The maximum Gasteiger partial charge on any atom is 0.295 e. The van der Waals surface area contributed by atoms with Crippen LogP contribution in [0.15, 0.2) is 59.5 Å². The standard InChI is InChI=1S/C24H19F2NO4S/c1-13-9-10-32-23(13)20-19(21(28)17-11-16(26)7-8-18(17)31-2)22(29)24(30)27(20)12-14-3-5-15(25)6-4-14/h3-11,20,28H,12H2,1-2H3/b21-19+. The van der Waals surface area contributed by atoms with E-state index >= 15 is 0 Å². The molecule has 2 aromatic carbocycles. The van der Waals surface area contributed by atoms with Crippen molar-refractivity contribution in [3.8, 4) is 5.75 Å². The first-order valence-corrected chi connectivity index (χ1v) is 10.6. The van der Waals surface area contributed by atoms with Crippen LogP contribution < -0.4 is 4.74 Å². The number of hydrogen-bond acceptors (Lipinski definition) is 5. The Morgan fingerprint density at radius 3 is 2.41 bits per heavy atom. The van der Waals surface area contributed by atoms with Crippen molar-refractivity contribution in [2.45, 2.75) is 19.5 Å². The van der Waals surface area contributed by atoms with Gasteiger partial charge in [-0.25, -0.2) is 8.78 Å². The van der Waals surface area contributed by atoms with Crippen LogP contribution in [0.4, 0.5) is 8.78 Å². The van der Waals surface area contributed by atoms with Crippen LogP contribution in [0.1, 0.15) is 27.6 Å². The first-order valence-electron chi connectivity index (χ1n) is 9.72. The van der Waals surface area contributed by atoms with Gasteiger partial charge in [-0.05, 0) is 59.8 Å². The van der Waals surface area contributed by atoms with E-state index in [2.05, 4.69) is 0 Å². The lowest BCUT2D eigenvalue weighted by atomic mass is 9.97. The molecule has 1 N–H and O–H groups in total. The van der Waals surface area contributed by atoms with Crippen LogP contribution in [0.25, 0.3) is 5.76 Å². The van der Waals surface area contributed by atoms with Gasteiger partial charge in [-0.3, -0.25) is 9.59 Å². The quantitative estimate of drug-likeness (QED) is 0.335. The molecule has 1 atom stereocenters. The van der Waals surface area contributed by atoms with Crippen LogP contribution in [0.5, 0.6) is 5.75 Å². The third kappa shape index (κ3) is 3.78. The van der Waals surface area contributed by atoms with Crippen LogP contribution in [-0.2, 0) is 16.1 Å². The Labute approximate surface area is 187 Å². The fourth-order valence-electron chi connectivity index (χ4n) is 3.78. The lowest BCUT2D eigenvalue weighted by Gasteiger charge is -2.25. The summed E-state index contributed by atoms with van der Waals surface area (Å²) in [5.74, 6) is -3.08. The zero-order chi connectivity index (χ0) is 23.0. The van der Waals surface area contributed by atoms with Gasteiger partial charge in [-0.15, -0.1) is 11.3 Å². The van der Waals surface area contributed by atoms with Crippen molar-refractivity contribution in [2.75, 3.05) is 7.11 Å². The SMILES string of the molecule is COc1ccc(F)cc1/C(O)=C1\C(=O)C(=O)N(Cc2ccc(F)cc2)C1c1sccc1C. The summed E-state index contributed by atoms with van der Waals surface area (Å²) < 4.78 is 32.5. The number of aryl methyl sites for hydroxylation is 1. The molecule has 1 aromatic heterocycles. The van der Waals surface area contributed by atoms with E-state index in [0.717, 1.165) is 11.6 Å². The second-order valence-electron chi connectivity index (χ2n) is 7.37. The smallest absolute Gasteiger partial charge is 0.295 e. The molecule has 1 amide bonds. The Kier molecular flexibility index (Phi) is 5.80.